The van der Waals surface area contributed by atoms with Gasteiger partial charge in [0.15, 0.2) is 4.11 Å². The number of carbonyl (C=O) groups excluding carboxylic acids is 1. The number of hydrogen-bond donors (Lipinski definition) is 0. The largest absolute Gasteiger partial charge is 0.514 e. The van der Waals surface area contributed by atoms with E-state index in [0.29, 0.717) is 11.5 Å². The topological polar surface area (TPSA) is 44.8 Å². The van der Waals surface area contributed by atoms with E-state index in [9.17, 15) is 4.79 Å². The van der Waals surface area contributed by atoms with Gasteiger partial charge in [-0.25, -0.2) is 4.79 Å². The number of methoxy groups -OCH3 is 1. The Morgan fingerprint density at radius 1 is 1.27 bits per heavy atom. The van der Waals surface area contributed by atoms with Gasteiger partial charge in [0.1, 0.15) is 11.5 Å². The van der Waals surface area contributed by atoms with Crippen molar-refractivity contribution in [2.45, 2.75) is 11.0 Å². The minimum atomic E-state index is -0.706. The molecule has 0 radical (unpaired) electrons. The van der Waals surface area contributed by atoms with Gasteiger partial charge in [0.05, 0.1) is 7.11 Å². The van der Waals surface area contributed by atoms with Crippen LogP contribution in [0.5, 0.6) is 11.5 Å². The van der Waals surface area contributed by atoms with E-state index in [2.05, 4.69) is 0 Å². The molecule has 1 aromatic rings. The minimum absolute atomic E-state index is 0.214. The van der Waals surface area contributed by atoms with Crippen LogP contribution in [0.4, 0.5) is 4.79 Å². The predicted molar refractivity (Wildman–Crippen MR) is 63.6 cm³/mol. The predicted octanol–water partition coefficient (Wildman–Crippen LogP) is 2.99. The number of halogens is 1. The third kappa shape index (κ3) is 4.37. The van der Waals surface area contributed by atoms with Crippen molar-refractivity contribution >= 4 is 28.7 Å². The highest BCUT2D eigenvalue weighted by Crippen LogP contribution is 2.17. The summed E-state index contributed by atoms with van der Waals surface area (Å²) in [4.78, 5) is 11.1. The highest BCUT2D eigenvalue weighted by atomic mass is 127. The molecule has 15 heavy (non-hydrogen) atoms. The van der Waals surface area contributed by atoms with Gasteiger partial charge in [-0.05, 0) is 53.8 Å². The summed E-state index contributed by atoms with van der Waals surface area (Å²) in [5, 5.41) is 0. The van der Waals surface area contributed by atoms with Gasteiger partial charge < -0.3 is 14.2 Å². The van der Waals surface area contributed by atoms with Crippen molar-refractivity contribution < 1.29 is 19.0 Å². The first-order chi connectivity index (χ1) is 7.11. The van der Waals surface area contributed by atoms with Crippen LogP contribution < -0.4 is 9.47 Å². The summed E-state index contributed by atoms with van der Waals surface area (Å²) in [5.74, 6) is 1.14. The van der Waals surface area contributed by atoms with Crippen molar-refractivity contribution in [3.8, 4) is 11.5 Å². The van der Waals surface area contributed by atoms with Crippen LogP contribution in [-0.2, 0) is 4.74 Å². The first kappa shape index (κ1) is 12.1. The monoisotopic (exact) mass is 322 g/mol. The van der Waals surface area contributed by atoms with Crippen LogP contribution >= 0.6 is 22.6 Å². The molecule has 0 bridgehead atoms. The fourth-order valence-electron chi connectivity index (χ4n) is 0.897. The zero-order chi connectivity index (χ0) is 11.3. The molecule has 0 heterocycles. The molecule has 1 rings (SSSR count). The van der Waals surface area contributed by atoms with Gasteiger partial charge in [-0.3, -0.25) is 0 Å². The average Bonchev–Trinajstić information content (AvgIpc) is 2.17. The van der Waals surface area contributed by atoms with E-state index in [0.717, 1.165) is 0 Å². The van der Waals surface area contributed by atoms with Gasteiger partial charge in [-0.15, -0.1) is 0 Å². The summed E-state index contributed by atoms with van der Waals surface area (Å²) < 4.78 is 14.5. The molecule has 0 saturated heterocycles. The second-order valence-electron chi connectivity index (χ2n) is 2.69. The van der Waals surface area contributed by atoms with Gasteiger partial charge in [0, 0.05) is 0 Å². The third-order valence-electron chi connectivity index (χ3n) is 1.52. The lowest BCUT2D eigenvalue weighted by Gasteiger charge is -2.07. The third-order valence-corrected chi connectivity index (χ3v) is 1.77. The summed E-state index contributed by atoms with van der Waals surface area (Å²) >= 11 is 1.97. The highest BCUT2D eigenvalue weighted by molar-refractivity contribution is 14.1. The molecule has 0 spiro atoms. The lowest BCUT2D eigenvalue weighted by Crippen LogP contribution is -2.13. The molecule has 0 aliphatic heterocycles. The van der Waals surface area contributed by atoms with Gasteiger partial charge in [0.25, 0.3) is 0 Å². The van der Waals surface area contributed by atoms with Gasteiger partial charge in [0.2, 0.25) is 0 Å². The van der Waals surface area contributed by atoms with E-state index < -0.39 is 6.16 Å². The number of ether oxygens (including phenoxy) is 3. The molecule has 0 aliphatic carbocycles. The van der Waals surface area contributed by atoms with E-state index in [1.807, 2.05) is 22.6 Å². The second kappa shape index (κ2) is 5.79. The van der Waals surface area contributed by atoms with Crippen LogP contribution in [0.3, 0.4) is 0 Å². The van der Waals surface area contributed by atoms with E-state index >= 15 is 0 Å². The molecule has 0 aliphatic rings. The molecule has 0 amide bonds. The Kier molecular flexibility index (Phi) is 4.67. The van der Waals surface area contributed by atoms with E-state index in [4.69, 9.17) is 14.2 Å². The maximum atomic E-state index is 11.1. The van der Waals surface area contributed by atoms with Crippen LogP contribution in [0.1, 0.15) is 6.92 Å². The highest BCUT2D eigenvalue weighted by Gasteiger charge is 2.08. The van der Waals surface area contributed by atoms with E-state index in [1.54, 1.807) is 38.3 Å². The molecule has 0 saturated carbocycles. The quantitative estimate of drug-likeness (QED) is 0.371. The van der Waals surface area contributed by atoms with E-state index in [1.165, 1.54) is 0 Å². The summed E-state index contributed by atoms with van der Waals surface area (Å²) in [6.45, 7) is 1.75. The molecule has 1 unspecified atom stereocenters. The van der Waals surface area contributed by atoms with Gasteiger partial charge >= 0.3 is 6.16 Å². The normalized spacial score (nSPS) is 11.7. The number of hydrogen-bond acceptors (Lipinski definition) is 4. The van der Waals surface area contributed by atoms with Crippen LogP contribution in [0.15, 0.2) is 24.3 Å². The van der Waals surface area contributed by atoms with Gasteiger partial charge in [-0.1, -0.05) is 0 Å². The van der Waals surface area contributed by atoms with Crippen LogP contribution in [0, 0.1) is 0 Å². The Hall–Kier alpha value is -0.980. The number of rotatable bonds is 3. The fourth-order valence-corrected chi connectivity index (χ4v) is 1.10. The molecular weight excluding hydrogens is 311 g/mol. The lowest BCUT2D eigenvalue weighted by atomic mass is 10.3. The summed E-state index contributed by atoms with van der Waals surface area (Å²) in [5.41, 5.74) is 0. The van der Waals surface area contributed by atoms with Crippen LogP contribution in [0.25, 0.3) is 0 Å². The smallest absolute Gasteiger partial charge is 0.497 e. The maximum Gasteiger partial charge on any atom is 0.514 e. The van der Waals surface area contributed by atoms with E-state index in [-0.39, 0.29) is 4.11 Å². The van der Waals surface area contributed by atoms with Crippen molar-refractivity contribution in [2.24, 2.45) is 0 Å². The molecule has 0 N–H and O–H groups in total. The first-order valence-corrected chi connectivity index (χ1v) is 5.53. The Morgan fingerprint density at radius 3 is 2.27 bits per heavy atom. The molecule has 4 nitrogen and oxygen atoms in total. The Balaban J connectivity index is 2.53. The SMILES string of the molecule is COc1ccc(OC(=O)OC(C)I)cc1. The van der Waals surface area contributed by atoms with Crippen molar-refractivity contribution in [3.05, 3.63) is 24.3 Å². The number of alkyl halides is 1. The Labute approximate surface area is 102 Å². The molecule has 0 aromatic heterocycles. The summed E-state index contributed by atoms with van der Waals surface area (Å²) in [6.07, 6.45) is -0.706. The maximum absolute atomic E-state index is 11.1. The molecular formula is C10H11IO4. The molecule has 1 atom stereocenters. The zero-order valence-electron chi connectivity index (χ0n) is 8.40. The molecule has 0 fully saturated rings. The minimum Gasteiger partial charge on any atom is -0.497 e. The Bertz CT molecular complexity index is 321. The zero-order valence-corrected chi connectivity index (χ0v) is 10.6. The van der Waals surface area contributed by atoms with Crippen molar-refractivity contribution in [2.75, 3.05) is 7.11 Å². The molecule has 82 valence electrons. The number of carbonyl (C=O) groups is 1. The fraction of sp³-hybridized carbons (Fsp3) is 0.300. The Morgan fingerprint density at radius 2 is 1.80 bits per heavy atom. The average molecular weight is 322 g/mol. The number of benzene rings is 1. The van der Waals surface area contributed by atoms with Crippen LogP contribution in [0.2, 0.25) is 0 Å². The van der Waals surface area contributed by atoms with Crippen LogP contribution in [-0.4, -0.2) is 17.4 Å². The summed E-state index contributed by atoms with van der Waals surface area (Å²) in [7, 11) is 1.57. The van der Waals surface area contributed by atoms with Crippen molar-refractivity contribution in [1.82, 2.24) is 0 Å². The van der Waals surface area contributed by atoms with Gasteiger partial charge in [-0.2, -0.15) is 0 Å². The molecule has 5 heteroatoms. The molecule has 1 aromatic carbocycles. The van der Waals surface area contributed by atoms with Crippen molar-refractivity contribution in [3.63, 3.8) is 0 Å². The first-order valence-electron chi connectivity index (χ1n) is 4.28. The van der Waals surface area contributed by atoms with Crippen molar-refractivity contribution in [1.29, 1.82) is 0 Å². The standard InChI is InChI=1S/C10H11IO4/c1-7(11)14-10(12)15-9-5-3-8(13-2)4-6-9/h3-7H,1-2H3. The lowest BCUT2D eigenvalue weighted by molar-refractivity contribution is 0.0988. The summed E-state index contributed by atoms with van der Waals surface area (Å²) in [6, 6.07) is 6.68. The second-order valence-corrected chi connectivity index (χ2v) is 4.44.